The molecule has 0 atom stereocenters. The van der Waals surface area contributed by atoms with Crippen LogP contribution in [0.5, 0.6) is 0 Å². The zero-order valence-corrected chi connectivity index (χ0v) is 16.6. The highest BCUT2D eigenvalue weighted by Crippen LogP contribution is 2.39. The molecule has 1 aliphatic rings. The standard InChI is InChI=1S/C19H22BNO5S/c1-18(2)19(3,4)26-20(25-18)12(10-27)7-11-5-6-13-15(8-11)21-9-14(16(13)22)17(23)24/h5-9,27H,10H2,1-4H3,(H,21,22)(H,23,24). The quantitative estimate of drug-likeness (QED) is 0.554. The van der Waals surface area contributed by atoms with Crippen molar-refractivity contribution in [3.8, 4) is 0 Å². The predicted molar refractivity (Wildman–Crippen MR) is 109 cm³/mol. The molecule has 2 aromatic rings. The zero-order chi connectivity index (χ0) is 20.0. The Kier molecular flexibility index (Phi) is 5.01. The van der Waals surface area contributed by atoms with E-state index in [-0.39, 0.29) is 5.56 Å². The molecule has 6 nitrogen and oxygen atoms in total. The fourth-order valence-electron chi connectivity index (χ4n) is 2.89. The highest BCUT2D eigenvalue weighted by molar-refractivity contribution is 7.80. The van der Waals surface area contributed by atoms with Gasteiger partial charge in [-0.25, -0.2) is 4.79 Å². The number of aromatic amines is 1. The Morgan fingerprint density at radius 3 is 2.44 bits per heavy atom. The van der Waals surface area contributed by atoms with Gasteiger partial charge in [-0.1, -0.05) is 12.1 Å². The Balaban J connectivity index is 1.98. The van der Waals surface area contributed by atoms with E-state index in [0.717, 1.165) is 11.0 Å². The third-order valence-electron chi connectivity index (χ3n) is 5.23. The van der Waals surface area contributed by atoms with Crippen LogP contribution in [0.15, 0.2) is 34.7 Å². The number of carboxylic acid groups (broad SMARTS) is 1. The summed E-state index contributed by atoms with van der Waals surface area (Å²) in [6, 6.07) is 5.17. The largest absolute Gasteiger partial charge is 0.491 e. The van der Waals surface area contributed by atoms with Crippen molar-refractivity contribution in [2.45, 2.75) is 38.9 Å². The summed E-state index contributed by atoms with van der Waals surface area (Å²) >= 11 is 4.41. The second-order valence-corrected chi connectivity index (χ2v) is 7.92. The molecule has 1 saturated heterocycles. The molecule has 0 aliphatic carbocycles. The number of hydrogen-bond acceptors (Lipinski definition) is 5. The van der Waals surface area contributed by atoms with Crippen LogP contribution in [0.3, 0.4) is 0 Å². The number of carboxylic acids is 1. The smallest absolute Gasteiger partial charge is 0.477 e. The molecule has 0 amide bonds. The average Bonchev–Trinajstić information content (AvgIpc) is 2.80. The second-order valence-electron chi connectivity index (χ2n) is 7.61. The van der Waals surface area contributed by atoms with Crippen LogP contribution in [-0.4, -0.2) is 40.1 Å². The van der Waals surface area contributed by atoms with Crippen LogP contribution in [0.2, 0.25) is 0 Å². The maximum Gasteiger partial charge on any atom is 0.491 e. The lowest BCUT2D eigenvalue weighted by molar-refractivity contribution is 0.00578. The monoisotopic (exact) mass is 387 g/mol. The van der Waals surface area contributed by atoms with Crippen molar-refractivity contribution in [2.75, 3.05) is 5.75 Å². The van der Waals surface area contributed by atoms with Crippen LogP contribution in [-0.2, 0) is 9.31 Å². The summed E-state index contributed by atoms with van der Waals surface area (Å²) in [4.78, 5) is 26.2. The fourth-order valence-corrected chi connectivity index (χ4v) is 3.13. The van der Waals surface area contributed by atoms with Crippen molar-refractivity contribution >= 4 is 42.7 Å². The Labute approximate surface area is 163 Å². The van der Waals surface area contributed by atoms with Gasteiger partial charge in [-0.2, -0.15) is 12.6 Å². The second kappa shape index (κ2) is 6.85. The Morgan fingerprint density at radius 1 is 1.26 bits per heavy atom. The molecule has 2 N–H and O–H groups in total. The zero-order valence-electron chi connectivity index (χ0n) is 15.7. The molecule has 2 heterocycles. The van der Waals surface area contributed by atoms with Gasteiger partial charge in [0.1, 0.15) is 5.56 Å². The van der Waals surface area contributed by atoms with E-state index in [9.17, 15) is 9.59 Å². The van der Waals surface area contributed by atoms with Gasteiger partial charge in [0.2, 0.25) is 5.43 Å². The van der Waals surface area contributed by atoms with Crippen LogP contribution < -0.4 is 5.43 Å². The summed E-state index contributed by atoms with van der Waals surface area (Å²) in [6.45, 7) is 7.96. The van der Waals surface area contributed by atoms with Gasteiger partial charge in [0.15, 0.2) is 0 Å². The highest BCUT2D eigenvalue weighted by Gasteiger charge is 2.52. The third kappa shape index (κ3) is 3.57. The summed E-state index contributed by atoms with van der Waals surface area (Å²) < 4.78 is 12.2. The van der Waals surface area contributed by atoms with Crippen LogP contribution in [0, 0.1) is 0 Å². The topological polar surface area (TPSA) is 88.6 Å². The summed E-state index contributed by atoms with van der Waals surface area (Å²) in [5.74, 6) is -0.802. The molecule has 8 heteroatoms. The first-order valence-corrected chi connectivity index (χ1v) is 9.25. The van der Waals surface area contributed by atoms with Crippen LogP contribution in [0.1, 0.15) is 43.6 Å². The van der Waals surface area contributed by atoms with Crippen molar-refractivity contribution in [3.05, 3.63) is 51.2 Å². The number of H-pyrrole nitrogens is 1. The van der Waals surface area contributed by atoms with Gasteiger partial charge in [0.05, 0.1) is 11.2 Å². The van der Waals surface area contributed by atoms with Crippen molar-refractivity contribution < 1.29 is 19.2 Å². The van der Waals surface area contributed by atoms with Crippen LogP contribution in [0.4, 0.5) is 0 Å². The molecule has 0 saturated carbocycles. The van der Waals surface area contributed by atoms with Gasteiger partial charge in [-0.15, -0.1) is 0 Å². The minimum atomic E-state index is -1.25. The molecule has 27 heavy (non-hydrogen) atoms. The molecule has 1 aromatic heterocycles. The molecule has 1 aliphatic heterocycles. The normalized spacial score (nSPS) is 18.9. The molecular formula is C19H22BNO5S. The number of carbonyl (C=O) groups is 1. The number of nitrogens with one attached hydrogen (secondary N) is 1. The van der Waals surface area contributed by atoms with Gasteiger partial charge in [0, 0.05) is 22.9 Å². The van der Waals surface area contributed by atoms with E-state index in [1.807, 2.05) is 33.8 Å². The minimum absolute atomic E-state index is 0.279. The maximum atomic E-state index is 12.2. The van der Waals surface area contributed by atoms with Crippen molar-refractivity contribution in [3.63, 3.8) is 0 Å². The summed E-state index contributed by atoms with van der Waals surface area (Å²) in [5.41, 5.74) is 0.585. The number of benzene rings is 1. The minimum Gasteiger partial charge on any atom is -0.477 e. The van der Waals surface area contributed by atoms with E-state index >= 15 is 0 Å². The van der Waals surface area contributed by atoms with Gasteiger partial charge in [-0.05, 0) is 50.9 Å². The van der Waals surface area contributed by atoms with Crippen molar-refractivity contribution in [2.24, 2.45) is 0 Å². The number of thiol groups is 1. The molecule has 1 aromatic carbocycles. The Morgan fingerprint density at radius 2 is 1.89 bits per heavy atom. The lowest BCUT2D eigenvalue weighted by Gasteiger charge is -2.32. The summed E-state index contributed by atoms with van der Waals surface area (Å²) in [5, 5.41) is 9.40. The Hall–Kier alpha value is -2.03. The number of hydrogen-bond donors (Lipinski definition) is 3. The maximum absolute atomic E-state index is 12.2. The Bertz CT molecular complexity index is 979. The molecule has 142 valence electrons. The third-order valence-corrected chi connectivity index (χ3v) is 5.59. The van der Waals surface area contributed by atoms with Crippen molar-refractivity contribution in [1.29, 1.82) is 0 Å². The van der Waals surface area contributed by atoms with E-state index in [1.165, 1.54) is 6.20 Å². The number of pyridine rings is 1. The number of aromatic carboxylic acids is 1. The SMILES string of the molecule is CC1(C)OB(C(=Cc2ccc3c(=O)c(C(=O)O)c[nH]c3c2)CS)OC1(C)C. The highest BCUT2D eigenvalue weighted by atomic mass is 32.1. The predicted octanol–water partition coefficient (Wildman–Crippen LogP) is 3.17. The van der Waals surface area contributed by atoms with E-state index in [0.29, 0.717) is 16.7 Å². The molecule has 1 fully saturated rings. The molecule has 0 bridgehead atoms. The molecule has 0 spiro atoms. The first kappa shape index (κ1) is 19.7. The van der Waals surface area contributed by atoms with Crippen molar-refractivity contribution in [1.82, 2.24) is 4.98 Å². The molecule has 0 unspecified atom stereocenters. The van der Waals surface area contributed by atoms with E-state index in [4.69, 9.17) is 14.4 Å². The first-order valence-electron chi connectivity index (χ1n) is 8.61. The van der Waals surface area contributed by atoms with Crippen LogP contribution in [0.25, 0.3) is 17.0 Å². The van der Waals surface area contributed by atoms with Gasteiger partial charge >= 0.3 is 13.1 Å². The first-order chi connectivity index (χ1) is 12.6. The van der Waals surface area contributed by atoms with E-state index < -0.39 is 29.7 Å². The van der Waals surface area contributed by atoms with Crippen LogP contribution >= 0.6 is 12.6 Å². The van der Waals surface area contributed by atoms with E-state index in [2.05, 4.69) is 17.6 Å². The summed E-state index contributed by atoms with van der Waals surface area (Å²) in [7, 11) is -0.503. The lowest BCUT2D eigenvalue weighted by Crippen LogP contribution is -2.41. The summed E-state index contributed by atoms with van der Waals surface area (Å²) in [6.07, 6.45) is 3.13. The van der Waals surface area contributed by atoms with Gasteiger partial charge in [0.25, 0.3) is 0 Å². The number of aromatic nitrogens is 1. The number of fused-ring (bicyclic) bond motifs is 1. The average molecular weight is 387 g/mol. The van der Waals surface area contributed by atoms with Gasteiger partial charge < -0.3 is 19.4 Å². The fraction of sp³-hybridized carbons (Fsp3) is 0.368. The number of rotatable bonds is 4. The van der Waals surface area contributed by atoms with E-state index in [1.54, 1.807) is 18.2 Å². The van der Waals surface area contributed by atoms with Gasteiger partial charge in [-0.3, -0.25) is 4.79 Å². The molecule has 3 rings (SSSR count). The molecule has 0 radical (unpaired) electrons. The lowest BCUT2D eigenvalue weighted by atomic mass is 9.78. The molecular weight excluding hydrogens is 365 g/mol.